The molecule has 0 spiro atoms. The lowest BCUT2D eigenvalue weighted by Gasteiger charge is -2.11. The van der Waals surface area contributed by atoms with Gasteiger partial charge in [-0.15, -0.1) is 0 Å². The number of hydrogen-bond acceptors (Lipinski definition) is 3. The molecule has 0 saturated carbocycles. The first-order valence-electron chi connectivity index (χ1n) is 3.77. The molecule has 1 aliphatic rings. The van der Waals surface area contributed by atoms with E-state index < -0.39 is 0 Å². The lowest BCUT2D eigenvalue weighted by molar-refractivity contribution is 0.738. The monoisotopic (exact) mass is 166 g/mol. The highest BCUT2D eigenvalue weighted by Gasteiger charge is 2.05. The van der Waals surface area contributed by atoms with E-state index in [4.69, 9.17) is 0 Å². The Balaban J connectivity index is 2.22. The fourth-order valence-electron chi connectivity index (χ4n) is 1.22. The molecular formula is C8H10N2S. The van der Waals surface area contributed by atoms with Crippen LogP contribution in [0.15, 0.2) is 17.5 Å². The zero-order chi connectivity index (χ0) is 7.52. The summed E-state index contributed by atoms with van der Waals surface area (Å²) in [5.41, 5.74) is 2.49. The summed E-state index contributed by atoms with van der Waals surface area (Å²) in [5, 5.41) is 5.34. The van der Waals surface area contributed by atoms with Crippen molar-refractivity contribution in [1.29, 1.82) is 0 Å². The van der Waals surface area contributed by atoms with Crippen LogP contribution in [0.2, 0.25) is 0 Å². The molecule has 0 radical (unpaired) electrons. The summed E-state index contributed by atoms with van der Waals surface area (Å²) >= 11 is 1.51. The Morgan fingerprint density at radius 3 is 3.18 bits per heavy atom. The molecule has 0 fully saturated rings. The molecule has 0 aromatic carbocycles. The van der Waals surface area contributed by atoms with Crippen molar-refractivity contribution in [2.24, 2.45) is 0 Å². The van der Waals surface area contributed by atoms with Crippen LogP contribution in [0.1, 0.15) is 12.1 Å². The maximum absolute atomic E-state index is 4.27. The van der Waals surface area contributed by atoms with Crippen molar-refractivity contribution in [1.82, 2.24) is 9.69 Å². The van der Waals surface area contributed by atoms with Crippen molar-refractivity contribution in [3.05, 3.63) is 23.2 Å². The Bertz CT molecular complexity index is 251. The van der Waals surface area contributed by atoms with E-state index in [-0.39, 0.29) is 0 Å². The Kier molecular flexibility index (Phi) is 2.01. The van der Waals surface area contributed by atoms with Crippen LogP contribution >= 0.6 is 11.5 Å². The molecule has 11 heavy (non-hydrogen) atoms. The molecule has 3 heteroatoms. The Hall–Kier alpha value is -0.670. The van der Waals surface area contributed by atoms with Gasteiger partial charge in [0.1, 0.15) is 0 Å². The van der Waals surface area contributed by atoms with Crippen molar-refractivity contribution in [3.8, 4) is 0 Å². The maximum Gasteiger partial charge on any atom is 0.0810 e. The number of hydrogen-bond donors (Lipinski definition) is 1. The number of nitrogens with zero attached hydrogens (tertiary/aromatic N) is 1. The average Bonchev–Trinajstić information content (AvgIpc) is 2.58. The Morgan fingerprint density at radius 1 is 1.55 bits per heavy atom. The molecule has 0 unspecified atom stereocenters. The van der Waals surface area contributed by atoms with E-state index in [1.165, 1.54) is 17.1 Å². The van der Waals surface area contributed by atoms with E-state index in [0.717, 1.165) is 25.2 Å². The fraction of sp³-hybridized carbons (Fsp3) is 0.375. The van der Waals surface area contributed by atoms with Gasteiger partial charge >= 0.3 is 0 Å². The first-order valence-corrected chi connectivity index (χ1v) is 4.61. The van der Waals surface area contributed by atoms with Crippen LogP contribution in [0.5, 0.6) is 0 Å². The normalized spacial score (nSPS) is 18.0. The summed E-state index contributed by atoms with van der Waals surface area (Å²) in [5.74, 6) is 0. The highest BCUT2D eigenvalue weighted by atomic mass is 32.1. The summed E-state index contributed by atoms with van der Waals surface area (Å²) in [6.07, 6.45) is 3.40. The second-order valence-corrected chi connectivity index (χ2v) is 3.25. The molecule has 0 bridgehead atoms. The van der Waals surface area contributed by atoms with E-state index in [0.29, 0.717) is 0 Å². The predicted molar refractivity (Wildman–Crippen MR) is 47.6 cm³/mol. The van der Waals surface area contributed by atoms with Crippen LogP contribution in [-0.2, 0) is 0 Å². The van der Waals surface area contributed by atoms with E-state index in [1.54, 1.807) is 0 Å². The standard InChI is InChI=1S/C8H10N2S/c1-2-7(6-9-4-1)8-3-5-11-10-8/h2-3,5,9H,1,4,6H2. The second kappa shape index (κ2) is 3.15. The van der Waals surface area contributed by atoms with Gasteiger partial charge in [0, 0.05) is 11.9 Å². The molecule has 1 aromatic heterocycles. The van der Waals surface area contributed by atoms with Gasteiger partial charge in [0.2, 0.25) is 0 Å². The predicted octanol–water partition coefficient (Wildman–Crippen LogP) is 1.52. The van der Waals surface area contributed by atoms with Gasteiger partial charge in [-0.3, -0.25) is 0 Å². The Morgan fingerprint density at radius 2 is 2.55 bits per heavy atom. The molecule has 1 N–H and O–H groups in total. The smallest absolute Gasteiger partial charge is 0.0810 e. The quantitative estimate of drug-likeness (QED) is 0.684. The third kappa shape index (κ3) is 1.49. The molecule has 0 atom stereocenters. The minimum absolute atomic E-state index is 0.976. The third-order valence-electron chi connectivity index (χ3n) is 1.79. The molecule has 2 rings (SSSR count). The molecule has 1 aliphatic heterocycles. The van der Waals surface area contributed by atoms with Gasteiger partial charge in [-0.2, -0.15) is 4.37 Å². The lowest BCUT2D eigenvalue weighted by atomic mass is 10.1. The second-order valence-electron chi connectivity index (χ2n) is 2.58. The maximum atomic E-state index is 4.27. The van der Waals surface area contributed by atoms with Crippen LogP contribution in [0, 0.1) is 0 Å². The minimum atomic E-state index is 0.976. The van der Waals surface area contributed by atoms with Gasteiger partial charge in [0.25, 0.3) is 0 Å². The minimum Gasteiger partial charge on any atom is -0.312 e. The van der Waals surface area contributed by atoms with Crippen LogP contribution in [0.4, 0.5) is 0 Å². The van der Waals surface area contributed by atoms with Crippen LogP contribution in [-0.4, -0.2) is 17.5 Å². The molecule has 1 aromatic rings. The van der Waals surface area contributed by atoms with E-state index in [9.17, 15) is 0 Å². The third-order valence-corrected chi connectivity index (χ3v) is 2.35. The highest BCUT2D eigenvalue weighted by molar-refractivity contribution is 7.03. The number of aromatic nitrogens is 1. The van der Waals surface area contributed by atoms with Gasteiger partial charge in [0.15, 0.2) is 0 Å². The fourth-order valence-corrected chi connectivity index (χ4v) is 1.76. The van der Waals surface area contributed by atoms with Crippen molar-refractivity contribution in [2.75, 3.05) is 13.1 Å². The van der Waals surface area contributed by atoms with Gasteiger partial charge in [0.05, 0.1) is 5.69 Å². The molecular weight excluding hydrogens is 156 g/mol. The topological polar surface area (TPSA) is 24.9 Å². The van der Waals surface area contributed by atoms with Gasteiger partial charge in [-0.05, 0) is 36.1 Å². The average molecular weight is 166 g/mol. The van der Waals surface area contributed by atoms with Crippen LogP contribution in [0.3, 0.4) is 0 Å². The van der Waals surface area contributed by atoms with Gasteiger partial charge in [-0.1, -0.05) is 6.08 Å². The van der Waals surface area contributed by atoms with E-state index in [1.807, 2.05) is 5.38 Å². The van der Waals surface area contributed by atoms with Crippen molar-refractivity contribution >= 4 is 17.1 Å². The lowest BCUT2D eigenvalue weighted by Crippen LogP contribution is -2.21. The van der Waals surface area contributed by atoms with Crippen molar-refractivity contribution in [2.45, 2.75) is 6.42 Å². The summed E-state index contributed by atoms with van der Waals surface area (Å²) in [7, 11) is 0. The summed E-state index contributed by atoms with van der Waals surface area (Å²) in [6, 6.07) is 2.07. The summed E-state index contributed by atoms with van der Waals surface area (Å²) in [4.78, 5) is 0. The van der Waals surface area contributed by atoms with E-state index in [2.05, 4.69) is 21.8 Å². The zero-order valence-corrected chi connectivity index (χ0v) is 7.03. The first kappa shape index (κ1) is 7.00. The highest BCUT2D eigenvalue weighted by Crippen LogP contribution is 2.15. The molecule has 0 aliphatic carbocycles. The largest absolute Gasteiger partial charge is 0.312 e. The molecule has 0 amide bonds. The van der Waals surface area contributed by atoms with E-state index >= 15 is 0 Å². The zero-order valence-electron chi connectivity index (χ0n) is 6.21. The van der Waals surface area contributed by atoms with Gasteiger partial charge < -0.3 is 5.32 Å². The van der Waals surface area contributed by atoms with Crippen molar-refractivity contribution < 1.29 is 0 Å². The Labute approximate surface area is 70.1 Å². The summed E-state index contributed by atoms with van der Waals surface area (Å²) < 4.78 is 4.27. The summed E-state index contributed by atoms with van der Waals surface area (Å²) in [6.45, 7) is 2.08. The number of nitrogens with one attached hydrogen (secondary N) is 1. The molecule has 2 heterocycles. The molecule has 0 saturated heterocycles. The van der Waals surface area contributed by atoms with Crippen molar-refractivity contribution in [3.63, 3.8) is 0 Å². The molecule has 58 valence electrons. The number of rotatable bonds is 1. The van der Waals surface area contributed by atoms with Crippen LogP contribution < -0.4 is 5.32 Å². The molecule has 2 nitrogen and oxygen atoms in total. The first-order chi connectivity index (χ1) is 5.47. The SMILES string of the molecule is C1=C(c2ccsn2)CNCC1. The van der Waals surface area contributed by atoms with Gasteiger partial charge in [-0.25, -0.2) is 0 Å². The van der Waals surface area contributed by atoms with Crippen LogP contribution in [0.25, 0.3) is 5.57 Å².